The molecule has 0 spiro atoms. The van der Waals surface area contributed by atoms with Gasteiger partial charge >= 0.3 is 0 Å². The van der Waals surface area contributed by atoms with E-state index in [-0.39, 0.29) is 0 Å². The molecule has 0 bridgehead atoms. The van der Waals surface area contributed by atoms with Crippen molar-refractivity contribution < 1.29 is 0 Å². The minimum atomic E-state index is 0.401. The predicted molar refractivity (Wildman–Crippen MR) is 96.8 cm³/mol. The van der Waals surface area contributed by atoms with Crippen LogP contribution in [0.25, 0.3) is 0 Å². The molecule has 2 aromatic rings. The molecule has 1 aliphatic heterocycles. The number of nitrogens with zero attached hydrogens (tertiary/aromatic N) is 7. The number of aryl methyl sites for hydroxylation is 1. The van der Waals surface area contributed by atoms with Gasteiger partial charge in [0.1, 0.15) is 5.82 Å². The molecule has 2 aromatic heterocycles. The monoisotopic (exact) mass is 327 g/mol. The summed E-state index contributed by atoms with van der Waals surface area (Å²) in [6, 6.07) is 6.37. The van der Waals surface area contributed by atoms with Gasteiger partial charge in [-0.2, -0.15) is 10.1 Å². The van der Waals surface area contributed by atoms with Crippen molar-refractivity contribution in [2.24, 2.45) is 0 Å². The molecule has 7 nitrogen and oxygen atoms in total. The molecular formula is C17H25N7. The molecular weight excluding hydrogens is 302 g/mol. The van der Waals surface area contributed by atoms with Crippen molar-refractivity contribution in [1.82, 2.24) is 20.2 Å². The molecule has 0 saturated carbocycles. The summed E-state index contributed by atoms with van der Waals surface area (Å²) in [6.45, 7) is 3.90. The fraction of sp³-hybridized carbons (Fsp3) is 0.529. The Morgan fingerprint density at radius 1 is 1.25 bits per heavy atom. The summed E-state index contributed by atoms with van der Waals surface area (Å²) in [6.07, 6.45) is 4.03. The van der Waals surface area contributed by atoms with Gasteiger partial charge in [0.05, 0.1) is 0 Å². The Balaban J connectivity index is 1.75. The van der Waals surface area contributed by atoms with Gasteiger partial charge in [0.15, 0.2) is 5.82 Å². The van der Waals surface area contributed by atoms with Gasteiger partial charge in [0, 0.05) is 58.2 Å². The Kier molecular flexibility index (Phi) is 4.78. The molecule has 3 heterocycles. The molecule has 24 heavy (non-hydrogen) atoms. The number of hydrogen-bond acceptors (Lipinski definition) is 7. The van der Waals surface area contributed by atoms with Crippen LogP contribution in [-0.2, 0) is 0 Å². The van der Waals surface area contributed by atoms with E-state index in [0.717, 1.165) is 42.8 Å². The van der Waals surface area contributed by atoms with Gasteiger partial charge in [-0.3, -0.25) is 0 Å². The van der Waals surface area contributed by atoms with Gasteiger partial charge in [-0.1, -0.05) is 0 Å². The van der Waals surface area contributed by atoms with Gasteiger partial charge in [-0.25, -0.2) is 4.98 Å². The molecule has 1 aliphatic rings. The molecule has 1 saturated heterocycles. The minimum Gasteiger partial charge on any atom is -0.363 e. The van der Waals surface area contributed by atoms with Crippen LogP contribution in [0.1, 0.15) is 18.5 Å². The van der Waals surface area contributed by atoms with Crippen molar-refractivity contribution in [3.63, 3.8) is 0 Å². The second-order valence-corrected chi connectivity index (χ2v) is 6.51. The van der Waals surface area contributed by atoms with Crippen LogP contribution in [0.4, 0.5) is 17.6 Å². The lowest BCUT2D eigenvalue weighted by Crippen LogP contribution is -2.40. The van der Waals surface area contributed by atoms with Crippen molar-refractivity contribution in [3.05, 3.63) is 30.1 Å². The topological polar surface area (TPSA) is 61.3 Å². The van der Waals surface area contributed by atoms with Gasteiger partial charge < -0.3 is 14.7 Å². The van der Waals surface area contributed by atoms with Gasteiger partial charge in [0.2, 0.25) is 5.95 Å². The first kappa shape index (κ1) is 16.4. The minimum absolute atomic E-state index is 0.401. The van der Waals surface area contributed by atoms with Crippen LogP contribution >= 0.6 is 0 Å². The summed E-state index contributed by atoms with van der Waals surface area (Å²) >= 11 is 0. The Morgan fingerprint density at radius 3 is 2.79 bits per heavy atom. The first-order valence-electron chi connectivity index (χ1n) is 8.33. The fourth-order valence-electron chi connectivity index (χ4n) is 3.11. The molecule has 0 N–H and O–H groups in total. The van der Waals surface area contributed by atoms with Crippen molar-refractivity contribution in [3.8, 4) is 0 Å². The number of anilines is 3. The first-order valence-corrected chi connectivity index (χ1v) is 8.33. The lowest BCUT2D eigenvalue weighted by atomic mass is 10.2. The highest BCUT2D eigenvalue weighted by Gasteiger charge is 2.27. The lowest BCUT2D eigenvalue weighted by Gasteiger charge is -2.29. The van der Waals surface area contributed by atoms with Crippen LogP contribution in [0.5, 0.6) is 0 Å². The summed E-state index contributed by atoms with van der Waals surface area (Å²) in [7, 11) is 6.05. The van der Waals surface area contributed by atoms with Crippen LogP contribution in [0, 0.1) is 6.92 Å². The Hall–Kier alpha value is -2.44. The molecule has 1 unspecified atom stereocenters. The fourth-order valence-corrected chi connectivity index (χ4v) is 3.11. The maximum atomic E-state index is 4.67. The second-order valence-electron chi connectivity index (χ2n) is 6.51. The van der Waals surface area contributed by atoms with Crippen molar-refractivity contribution >= 4 is 17.6 Å². The van der Waals surface area contributed by atoms with E-state index in [1.165, 1.54) is 6.42 Å². The zero-order valence-electron chi connectivity index (χ0n) is 14.8. The molecule has 1 atom stereocenters. The Labute approximate surface area is 143 Å². The van der Waals surface area contributed by atoms with Crippen LogP contribution in [0.2, 0.25) is 0 Å². The molecule has 0 aromatic carbocycles. The summed E-state index contributed by atoms with van der Waals surface area (Å²) < 4.78 is 0. The molecule has 3 rings (SSSR count). The first-order chi connectivity index (χ1) is 11.5. The van der Waals surface area contributed by atoms with E-state index in [1.54, 1.807) is 6.20 Å². The summed E-state index contributed by atoms with van der Waals surface area (Å²) in [5.41, 5.74) is 0.979. The summed E-state index contributed by atoms with van der Waals surface area (Å²) in [4.78, 5) is 15.7. The van der Waals surface area contributed by atoms with Gasteiger partial charge in [-0.05, 0) is 31.9 Å². The van der Waals surface area contributed by atoms with Crippen LogP contribution in [0.3, 0.4) is 0 Å². The quantitative estimate of drug-likeness (QED) is 0.829. The normalized spacial score (nSPS) is 17.2. The van der Waals surface area contributed by atoms with Gasteiger partial charge in [0.25, 0.3) is 0 Å². The maximum Gasteiger partial charge on any atom is 0.227 e. The molecule has 1 fully saturated rings. The van der Waals surface area contributed by atoms with Crippen molar-refractivity contribution in [1.29, 1.82) is 0 Å². The molecule has 0 amide bonds. The largest absolute Gasteiger partial charge is 0.363 e. The van der Waals surface area contributed by atoms with Crippen LogP contribution in [-0.4, -0.2) is 60.4 Å². The van der Waals surface area contributed by atoms with E-state index in [2.05, 4.69) is 37.0 Å². The highest BCUT2D eigenvalue weighted by atomic mass is 15.3. The number of rotatable bonds is 5. The third kappa shape index (κ3) is 3.55. The number of likely N-dealkylation sites (N-methyl/N-ethyl adjacent to an activating group) is 1. The molecule has 0 aliphatic carbocycles. The smallest absolute Gasteiger partial charge is 0.227 e. The van der Waals surface area contributed by atoms with E-state index in [4.69, 9.17) is 0 Å². The third-order valence-corrected chi connectivity index (χ3v) is 4.34. The average Bonchev–Trinajstić information content (AvgIpc) is 3.03. The van der Waals surface area contributed by atoms with Crippen molar-refractivity contribution in [2.45, 2.75) is 25.8 Å². The predicted octanol–water partition coefficient (Wildman–Crippen LogP) is 1.75. The lowest BCUT2D eigenvalue weighted by molar-refractivity contribution is 0.638. The van der Waals surface area contributed by atoms with E-state index in [0.29, 0.717) is 6.04 Å². The highest BCUT2D eigenvalue weighted by Crippen LogP contribution is 2.24. The Bertz CT molecular complexity index is 674. The van der Waals surface area contributed by atoms with E-state index >= 15 is 0 Å². The third-order valence-electron chi connectivity index (χ3n) is 4.34. The van der Waals surface area contributed by atoms with Gasteiger partial charge in [-0.15, -0.1) is 5.10 Å². The SMILES string of the molecule is Cc1cc(N(C)C)nc(N(C)CC2CCCN2c2cccnn2)n1. The number of hydrogen-bond donors (Lipinski definition) is 0. The summed E-state index contributed by atoms with van der Waals surface area (Å²) in [5, 5.41) is 8.27. The summed E-state index contributed by atoms with van der Waals surface area (Å²) in [5.74, 6) is 2.65. The van der Waals surface area contributed by atoms with E-state index in [1.807, 2.05) is 44.1 Å². The van der Waals surface area contributed by atoms with E-state index < -0.39 is 0 Å². The average molecular weight is 327 g/mol. The highest BCUT2D eigenvalue weighted by molar-refractivity contribution is 5.45. The second kappa shape index (κ2) is 6.98. The van der Waals surface area contributed by atoms with E-state index in [9.17, 15) is 0 Å². The zero-order valence-corrected chi connectivity index (χ0v) is 14.8. The Morgan fingerprint density at radius 2 is 2.08 bits per heavy atom. The molecule has 7 heteroatoms. The standard InChI is InChI=1S/C17H25N7/c1-13-11-16(22(2)3)20-17(19-13)23(4)12-14-7-6-10-24(14)15-8-5-9-18-21-15/h5,8-9,11,14H,6-7,10,12H2,1-4H3. The molecule has 128 valence electrons. The molecule has 0 radical (unpaired) electrons. The zero-order chi connectivity index (χ0) is 17.1. The maximum absolute atomic E-state index is 4.67. The van der Waals surface area contributed by atoms with Crippen LogP contribution < -0.4 is 14.7 Å². The van der Waals surface area contributed by atoms with Crippen molar-refractivity contribution in [2.75, 3.05) is 48.9 Å². The number of aromatic nitrogens is 4. The van der Waals surface area contributed by atoms with Crippen LogP contribution in [0.15, 0.2) is 24.4 Å².